The molecule has 1 unspecified atom stereocenters. The molecule has 0 aromatic heterocycles. The van der Waals surface area contributed by atoms with Crippen molar-refractivity contribution in [3.05, 3.63) is 29.3 Å². The van der Waals surface area contributed by atoms with Crippen LogP contribution >= 0.6 is 0 Å². The summed E-state index contributed by atoms with van der Waals surface area (Å²) in [5.41, 5.74) is 2.66. The van der Waals surface area contributed by atoms with Gasteiger partial charge in [0.15, 0.2) is 0 Å². The van der Waals surface area contributed by atoms with Crippen molar-refractivity contribution in [1.82, 2.24) is 9.80 Å². The lowest BCUT2D eigenvalue weighted by atomic mass is 10.0. The normalized spacial score (nSPS) is 12.8. The Kier molecular flexibility index (Phi) is 6.13. The van der Waals surface area contributed by atoms with Crippen LogP contribution in [0.25, 0.3) is 0 Å². The Morgan fingerprint density at radius 1 is 1.25 bits per heavy atom. The second-order valence-corrected chi connectivity index (χ2v) is 5.61. The number of benzene rings is 1. The van der Waals surface area contributed by atoms with Crippen LogP contribution in [0.15, 0.2) is 18.2 Å². The van der Waals surface area contributed by atoms with Gasteiger partial charge in [-0.15, -0.1) is 0 Å². The minimum Gasteiger partial charge on any atom is -0.387 e. The molecule has 1 atom stereocenters. The van der Waals surface area contributed by atoms with Crippen molar-refractivity contribution in [1.29, 1.82) is 0 Å². The second kappa shape index (κ2) is 7.38. The Bertz CT molecular complexity index is 458. The summed E-state index contributed by atoms with van der Waals surface area (Å²) >= 11 is 0. The molecular formula is C15H25N3O2. The zero-order chi connectivity index (χ0) is 15.3. The smallest absolute Gasteiger partial charge is 0.221 e. The van der Waals surface area contributed by atoms with E-state index in [0.29, 0.717) is 13.1 Å². The predicted molar refractivity (Wildman–Crippen MR) is 81.7 cm³/mol. The number of rotatable bonds is 6. The fourth-order valence-corrected chi connectivity index (χ4v) is 2.06. The number of nitrogens with one attached hydrogen (secondary N) is 1. The first-order valence-electron chi connectivity index (χ1n) is 6.67. The van der Waals surface area contributed by atoms with Crippen LogP contribution in [-0.2, 0) is 11.3 Å². The van der Waals surface area contributed by atoms with Crippen LogP contribution in [0, 0.1) is 0 Å². The molecule has 0 spiro atoms. The number of carbonyl (C=O) groups is 1. The molecular weight excluding hydrogens is 254 g/mol. The van der Waals surface area contributed by atoms with E-state index < -0.39 is 6.10 Å². The lowest BCUT2D eigenvalue weighted by Gasteiger charge is -2.20. The summed E-state index contributed by atoms with van der Waals surface area (Å²) in [6, 6.07) is 5.67. The first-order chi connectivity index (χ1) is 9.29. The maximum atomic E-state index is 11.2. The molecule has 5 nitrogen and oxygen atoms in total. The first kappa shape index (κ1) is 16.6. The van der Waals surface area contributed by atoms with E-state index in [9.17, 15) is 9.90 Å². The zero-order valence-corrected chi connectivity index (χ0v) is 13.0. The lowest BCUT2D eigenvalue weighted by molar-refractivity contribution is -0.114. The van der Waals surface area contributed by atoms with E-state index in [1.165, 1.54) is 6.92 Å². The Hall–Kier alpha value is -1.43. The van der Waals surface area contributed by atoms with Crippen LogP contribution in [0.4, 0.5) is 5.69 Å². The van der Waals surface area contributed by atoms with Crippen LogP contribution < -0.4 is 5.32 Å². The molecule has 0 radical (unpaired) electrons. The third-order valence-corrected chi connectivity index (χ3v) is 2.85. The van der Waals surface area contributed by atoms with Crippen LogP contribution in [-0.4, -0.2) is 55.5 Å². The molecule has 0 aliphatic carbocycles. The molecule has 1 amide bonds. The van der Waals surface area contributed by atoms with E-state index in [-0.39, 0.29) is 5.91 Å². The van der Waals surface area contributed by atoms with Gasteiger partial charge in [0.25, 0.3) is 0 Å². The largest absolute Gasteiger partial charge is 0.387 e. The highest BCUT2D eigenvalue weighted by molar-refractivity contribution is 5.89. The summed E-state index contributed by atoms with van der Waals surface area (Å²) in [5, 5.41) is 13.0. The van der Waals surface area contributed by atoms with Gasteiger partial charge in [0.2, 0.25) is 5.91 Å². The number of aliphatic hydroxyl groups is 1. The average Bonchev–Trinajstić information content (AvgIpc) is 2.29. The Balaban J connectivity index is 3.03. The molecule has 0 saturated carbocycles. The third-order valence-electron chi connectivity index (χ3n) is 2.85. The molecule has 0 heterocycles. The number of hydrogen-bond acceptors (Lipinski definition) is 4. The molecule has 0 saturated heterocycles. The fraction of sp³-hybridized carbons (Fsp3) is 0.533. The van der Waals surface area contributed by atoms with Crippen molar-refractivity contribution in [3.8, 4) is 0 Å². The summed E-state index contributed by atoms with van der Waals surface area (Å²) in [6.45, 7) is 2.77. The third kappa shape index (κ3) is 5.28. The number of anilines is 1. The number of nitrogens with zero attached hydrogens (tertiary/aromatic N) is 2. The van der Waals surface area contributed by atoms with Crippen molar-refractivity contribution in [3.63, 3.8) is 0 Å². The zero-order valence-electron chi connectivity index (χ0n) is 13.0. The number of carbonyl (C=O) groups excluding carboxylic acids is 1. The van der Waals surface area contributed by atoms with E-state index in [1.807, 2.05) is 56.2 Å². The van der Waals surface area contributed by atoms with Gasteiger partial charge in [-0.2, -0.15) is 0 Å². The molecule has 1 rings (SSSR count). The van der Waals surface area contributed by atoms with Crippen molar-refractivity contribution < 1.29 is 9.90 Å². The summed E-state index contributed by atoms with van der Waals surface area (Å²) in [4.78, 5) is 15.2. The van der Waals surface area contributed by atoms with Crippen molar-refractivity contribution >= 4 is 11.6 Å². The van der Waals surface area contributed by atoms with Crippen molar-refractivity contribution in [2.24, 2.45) is 0 Å². The van der Waals surface area contributed by atoms with Gasteiger partial charge in [0.05, 0.1) is 6.10 Å². The number of aliphatic hydroxyl groups excluding tert-OH is 1. The van der Waals surface area contributed by atoms with Crippen molar-refractivity contribution in [2.75, 3.05) is 40.1 Å². The average molecular weight is 279 g/mol. The maximum absolute atomic E-state index is 11.2. The van der Waals surface area contributed by atoms with E-state index in [0.717, 1.165) is 16.8 Å². The lowest BCUT2D eigenvalue weighted by Crippen LogP contribution is -2.21. The molecule has 112 valence electrons. The predicted octanol–water partition coefficient (Wildman–Crippen LogP) is 1.30. The fourth-order valence-electron chi connectivity index (χ4n) is 2.06. The Morgan fingerprint density at radius 2 is 1.90 bits per heavy atom. The first-order valence-corrected chi connectivity index (χ1v) is 6.67. The molecule has 1 aromatic carbocycles. The molecule has 0 bridgehead atoms. The molecule has 5 heteroatoms. The molecule has 1 aromatic rings. The van der Waals surface area contributed by atoms with Gasteiger partial charge < -0.3 is 20.2 Å². The highest BCUT2D eigenvalue weighted by Crippen LogP contribution is 2.23. The minimum atomic E-state index is -0.530. The van der Waals surface area contributed by atoms with Gasteiger partial charge in [-0.25, -0.2) is 0 Å². The molecule has 0 fully saturated rings. The topological polar surface area (TPSA) is 55.8 Å². The molecule has 2 N–H and O–H groups in total. The van der Waals surface area contributed by atoms with Gasteiger partial charge in [0.1, 0.15) is 0 Å². The Labute approximate surface area is 121 Å². The molecule has 20 heavy (non-hydrogen) atoms. The number of hydrogen-bond donors (Lipinski definition) is 2. The van der Waals surface area contributed by atoms with Gasteiger partial charge in [-0.05, 0) is 51.5 Å². The van der Waals surface area contributed by atoms with Gasteiger partial charge in [-0.1, -0.05) is 6.07 Å². The van der Waals surface area contributed by atoms with Crippen molar-refractivity contribution in [2.45, 2.75) is 19.6 Å². The van der Waals surface area contributed by atoms with E-state index in [2.05, 4.69) is 5.32 Å². The van der Waals surface area contributed by atoms with Crippen LogP contribution in [0.5, 0.6) is 0 Å². The van der Waals surface area contributed by atoms with E-state index in [4.69, 9.17) is 0 Å². The van der Waals surface area contributed by atoms with Crippen LogP contribution in [0.1, 0.15) is 24.2 Å². The van der Waals surface area contributed by atoms with Gasteiger partial charge in [-0.3, -0.25) is 4.79 Å². The number of amides is 1. The van der Waals surface area contributed by atoms with Crippen LogP contribution in [0.2, 0.25) is 0 Å². The highest BCUT2D eigenvalue weighted by atomic mass is 16.3. The monoisotopic (exact) mass is 279 g/mol. The Morgan fingerprint density at radius 3 is 2.40 bits per heavy atom. The summed E-state index contributed by atoms with van der Waals surface area (Å²) in [5.74, 6) is -0.0911. The maximum Gasteiger partial charge on any atom is 0.221 e. The summed E-state index contributed by atoms with van der Waals surface area (Å²) in [6.07, 6.45) is -0.530. The summed E-state index contributed by atoms with van der Waals surface area (Å²) in [7, 11) is 7.80. The molecule has 0 aliphatic heterocycles. The van der Waals surface area contributed by atoms with E-state index >= 15 is 0 Å². The van der Waals surface area contributed by atoms with Gasteiger partial charge >= 0.3 is 0 Å². The van der Waals surface area contributed by atoms with Gasteiger partial charge in [0, 0.05) is 25.7 Å². The summed E-state index contributed by atoms with van der Waals surface area (Å²) < 4.78 is 0. The second-order valence-electron chi connectivity index (χ2n) is 5.61. The minimum absolute atomic E-state index is 0.0911. The SMILES string of the molecule is CC(=O)Nc1ccc(C(O)CN(C)C)cc1CN(C)C. The highest BCUT2D eigenvalue weighted by Gasteiger charge is 2.12. The van der Waals surface area contributed by atoms with E-state index in [1.54, 1.807) is 0 Å². The standard InChI is InChI=1S/C15H25N3O2/c1-11(19)16-14-7-6-12(15(20)10-18(4)5)8-13(14)9-17(2)3/h6-8,15,20H,9-10H2,1-5H3,(H,16,19). The molecule has 0 aliphatic rings. The quantitative estimate of drug-likeness (QED) is 0.824. The number of likely N-dealkylation sites (N-methyl/N-ethyl adjacent to an activating group) is 1. The van der Waals surface area contributed by atoms with Crippen LogP contribution in [0.3, 0.4) is 0 Å².